The normalized spacial score (nSPS) is 26.7. The van der Waals surface area contributed by atoms with Crippen molar-refractivity contribution < 1.29 is 9.59 Å². The molecule has 2 amide bonds. The summed E-state index contributed by atoms with van der Waals surface area (Å²) in [6.45, 7) is 4.56. The van der Waals surface area contributed by atoms with Crippen molar-refractivity contribution in [1.29, 1.82) is 0 Å². The molecular formula is C10H18N2O2S. The first-order valence-electron chi connectivity index (χ1n) is 5.13. The van der Waals surface area contributed by atoms with Crippen LogP contribution >= 0.6 is 11.8 Å². The van der Waals surface area contributed by atoms with Gasteiger partial charge in [-0.2, -0.15) is 11.8 Å². The Bertz CT molecular complexity index is 270. The molecule has 0 aromatic carbocycles. The summed E-state index contributed by atoms with van der Waals surface area (Å²) in [6, 6.07) is 0. The molecule has 0 aromatic rings. The first kappa shape index (κ1) is 12.4. The molecule has 0 spiro atoms. The van der Waals surface area contributed by atoms with Gasteiger partial charge in [-0.05, 0) is 19.6 Å². The van der Waals surface area contributed by atoms with Crippen LogP contribution in [0.15, 0.2) is 0 Å². The van der Waals surface area contributed by atoms with Gasteiger partial charge in [-0.1, -0.05) is 6.92 Å². The van der Waals surface area contributed by atoms with Crippen LogP contribution in [0.3, 0.4) is 0 Å². The Morgan fingerprint density at radius 1 is 1.53 bits per heavy atom. The second kappa shape index (κ2) is 4.88. The van der Waals surface area contributed by atoms with Gasteiger partial charge in [0.25, 0.3) is 0 Å². The van der Waals surface area contributed by atoms with Crippen LogP contribution < -0.4 is 5.32 Å². The number of hydrogen-bond acceptors (Lipinski definition) is 3. The molecule has 0 aliphatic carbocycles. The van der Waals surface area contributed by atoms with Crippen molar-refractivity contribution in [3.05, 3.63) is 0 Å². The van der Waals surface area contributed by atoms with Crippen LogP contribution in [0.1, 0.15) is 20.3 Å². The fraction of sp³-hybridized carbons (Fsp3) is 0.800. The van der Waals surface area contributed by atoms with E-state index in [9.17, 15) is 9.59 Å². The standard InChI is InChI=1S/C10H18N2O2S/c1-4-10(2)9(14)12(5-6-15-3)7-8(13)11-10/h4-7H2,1-3H3,(H,11,13). The summed E-state index contributed by atoms with van der Waals surface area (Å²) >= 11 is 1.68. The number of nitrogens with zero attached hydrogens (tertiary/aromatic N) is 1. The van der Waals surface area contributed by atoms with Crippen LogP contribution in [0.25, 0.3) is 0 Å². The molecule has 86 valence electrons. The quantitative estimate of drug-likeness (QED) is 0.764. The number of carbonyl (C=O) groups is 2. The highest BCUT2D eigenvalue weighted by molar-refractivity contribution is 7.98. The van der Waals surface area contributed by atoms with Gasteiger partial charge in [-0.25, -0.2) is 0 Å². The summed E-state index contributed by atoms with van der Waals surface area (Å²) in [6.07, 6.45) is 2.63. The molecule has 1 atom stereocenters. The minimum Gasteiger partial charge on any atom is -0.340 e. The second-order valence-corrected chi connectivity index (χ2v) is 4.94. The van der Waals surface area contributed by atoms with Crippen LogP contribution in [0.2, 0.25) is 0 Å². The zero-order valence-electron chi connectivity index (χ0n) is 9.50. The number of piperazine rings is 1. The lowest BCUT2D eigenvalue weighted by molar-refractivity contribution is -0.149. The number of nitrogens with one attached hydrogen (secondary N) is 1. The van der Waals surface area contributed by atoms with Crippen LogP contribution in [-0.2, 0) is 9.59 Å². The number of rotatable bonds is 4. The topological polar surface area (TPSA) is 49.4 Å². The van der Waals surface area contributed by atoms with Crippen molar-refractivity contribution in [2.45, 2.75) is 25.8 Å². The monoisotopic (exact) mass is 230 g/mol. The lowest BCUT2D eigenvalue weighted by Crippen LogP contribution is -2.65. The molecule has 1 aliphatic rings. The van der Waals surface area contributed by atoms with Crippen molar-refractivity contribution in [2.24, 2.45) is 0 Å². The average Bonchev–Trinajstić information content (AvgIpc) is 2.21. The third kappa shape index (κ3) is 2.65. The van der Waals surface area contributed by atoms with E-state index in [1.807, 2.05) is 13.2 Å². The molecule has 0 bridgehead atoms. The summed E-state index contributed by atoms with van der Waals surface area (Å²) in [5.41, 5.74) is -0.701. The second-order valence-electron chi connectivity index (χ2n) is 3.95. The molecule has 4 nitrogen and oxygen atoms in total. The van der Waals surface area contributed by atoms with E-state index in [1.54, 1.807) is 23.6 Å². The molecule has 1 heterocycles. The number of carbonyl (C=O) groups excluding carboxylic acids is 2. The van der Waals surface area contributed by atoms with E-state index in [0.717, 1.165) is 5.75 Å². The predicted molar refractivity (Wildman–Crippen MR) is 61.8 cm³/mol. The van der Waals surface area contributed by atoms with Gasteiger partial charge in [0.1, 0.15) is 5.54 Å². The van der Waals surface area contributed by atoms with Gasteiger partial charge in [0, 0.05) is 12.3 Å². The van der Waals surface area contributed by atoms with Gasteiger partial charge in [0.05, 0.1) is 6.54 Å². The molecule has 0 radical (unpaired) electrons. The first-order valence-corrected chi connectivity index (χ1v) is 6.52. The minimum atomic E-state index is -0.701. The van der Waals surface area contributed by atoms with E-state index < -0.39 is 5.54 Å². The SMILES string of the molecule is CCC1(C)NC(=O)CN(CCSC)C1=O. The summed E-state index contributed by atoms with van der Waals surface area (Å²) in [7, 11) is 0. The maximum absolute atomic E-state index is 12.0. The lowest BCUT2D eigenvalue weighted by Gasteiger charge is -2.39. The number of hydrogen-bond donors (Lipinski definition) is 1. The third-order valence-corrected chi connectivity index (χ3v) is 3.37. The molecule has 1 N–H and O–H groups in total. The molecule has 5 heteroatoms. The smallest absolute Gasteiger partial charge is 0.248 e. The Balaban J connectivity index is 2.72. The summed E-state index contributed by atoms with van der Waals surface area (Å²) in [5.74, 6) is 0.859. The molecule has 1 unspecified atom stereocenters. The van der Waals surface area contributed by atoms with E-state index in [-0.39, 0.29) is 18.4 Å². The summed E-state index contributed by atoms with van der Waals surface area (Å²) in [4.78, 5) is 25.1. The van der Waals surface area contributed by atoms with E-state index in [2.05, 4.69) is 5.32 Å². The fourth-order valence-electron chi connectivity index (χ4n) is 1.62. The van der Waals surface area contributed by atoms with E-state index >= 15 is 0 Å². The molecular weight excluding hydrogens is 212 g/mol. The van der Waals surface area contributed by atoms with E-state index in [0.29, 0.717) is 13.0 Å². The fourth-order valence-corrected chi connectivity index (χ4v) is 2.02. The third-order valence-electron chi connectivity index (χ3n) is 2.78. The van der Waals surface area contributed by atoms with Crippen molar-refractivity contribution in [3.8, 4) is 0 Å². The minimum absolute atomic E-state index is 0.0404. The zero-order chi connectivity index (χ0) is 11.5. The van der Waals surface area contributed by atoms with Gasteiger partial charge in [-0.3, -0.25) is 9.59 Å². The van der Waals surface area contributed by atoms with Crippen LogP contribution in [0.4, 0.5) is 0 Å². The molecule has 0 saturated carbocycles. The summed E-state index contributed by atoms with van der Waals surface area (Å²) in [5, 5.41) is 2.76. The van der Waals surface area contributed by atoms with Gasteiger partial charge in [0.2, 0.25) is 11.8 Å². The number of amides is 2. The average molecular weight is 230 g/mol. The summed E-state index contributed by atoms with van der Waals surface area (Å²) < 4.78 is 0. The number of thioether (sulfide) groups is 1. The highest BCUT2D eigenvalue weighted by atomic mass is 32.2. The Hall–Kier alpha value is -0.710. The Labute approximate surface area is 94.8 Å². The molecule has 1 saturated heterocycles. The van der Waals surface area contributed by atoms with Crippen LogP contribution in [0, 0.1) is 0 Å². The molecule has 15 heavy (non-hydrogen) atoms. The van der Waals surface area contributed by atoms with Gasteiger partial charge >= 0.3 is 0 Å². The Morgan fingerprint density at radius 3 is 2.73 bits per heavy atom. The van der Waals surface area contributed by atoms with Crippen molar-refractivity contribution in [2.75, 3.05) is 25.1 Å². The van der Waals surface area contributed by atoms with Crippen molar-refractivity contribution in [1.82, 2.24) is 10.2 Å². The molecule has 1 aliphatic heterocycles. The Morgan fingerprint density at radius 2 is 2.20 bits per heavy atom. The van der Waals surface area contributed by atoms with E-state index in [1.165, 1.54) is 0 Å². The van der Waals surface area contributed by atoms with Gasteiger partial charge in [-0.15, -0.1) is 0 Å². The first-order chi connectivity index (χ1) is 7.03. The highest BCUT2D eigenvalue weighted by Crippen LogP contribution is 2.17. The Kier molecular flexibility index (Phi) is 4.02. The zero-order valence-corrected chi connectivity index (χ0v) is 10.3. The molecule has 1 fully saturated rings. The molecule has 0 aromatic heterocycles. The molecule has 1 rings (SSSR count). The van der Waals surface area contributed by atoms with E-state index in [4.69, 9.17) is 0 Å². The van der Waals surface area contributed by atoms with Crippen molar-refractivity contribution >= 4 is 23.6 Å². The lowest BCUT2D eigenvalue weighted by atomic mass is 9.94. The van der Waals surface area contributed by atoms with Crippen LogP contribution in [0.5, 0.6) is 0 Å². The van der Waals surface area contributed by atoms with Gasteiger partial charge in [0.15, 0.2) is 0 Å². The van der Waals surface area contributed by atoms with Crippen LogP contribution in [-0.4, -0.2) is 47.4 Å². The predicted octanol–water partition coefficient (Wildman–Crippen LogP) is 0.476. The maximum atomic E-state index is 12.0. The highest BCUT2D eigenvalue weighted by Gasteiger charge is 2.40. The van der Waals surface area contributed by atoms with Crippen molar-refractivity contribution in [3.63, 3.8) is 0 Å². The van der Waals surface area contributed by atoms with Gasteiger partial charge < -0.3 is 10.2 Å². The largest absolute Gasteiger partial charge is 0.340 e. The maximum Gasteiger partial charge on any atom is 0.248 e.